The van der Waals surface area contributed by atoms with Gasteiger partial charge in [0, 0.05) is 51.9 Å². The lowest BCUT2D eigenvalue weighted by molar-refractivity contribution is 0.0281. The lowest BCUT2D eigenvalue weighted by Gasteiger charge is -2.22. The van der Waals surface area contributed by atoms with Gasteiger partial charge in [-0.25, -0.2) is 0 Å². The zero-order chi connectivity index (χ0) is 18.2. The number of nitrogens with zero attached hydrogens (tertiary/aromatic N) is 4. The van der Waals surface area contributed by atoms with E-state index < -0.39 is 0 Å². The van der Waals surface area contributed by atoms with Gasteiger partial charge in [0.2, 0.25) is 0 Å². The van der Waals surface area contributed by atoms with Gasteiger partial charge in [-0.2, -0.15) is 5.10 Å². The van der Waals surface area contributed by atoms with Gasteiger partial charge in [0.05, 0.1) is 12.3 Å². The van der Waals surface area contributed by atoms with Crippen molar-refractivity contribution in [2.75, 3.05) is 32.8 Å². The SMILES string of the molecule is CCNC(=NCCCOC1CCCCC1)N1CCC(c2cnn(C)c2)C1.I. The molecule has 7 heteroatoms. The molecule has 1 aliphatic carbocycles. The fraction of sp³-hybridized carbons (Fsp3) is 0.800. The summed E-state index contributed by atoms with van der Waals surface area (Å²) in [7, 11) is 1.98. The molecule has 1 aromatic rings. The predicted octanol–water partition coefficient (Wildman–Crippen LogP) is 3.53. The van der Waals surface area contributed by atoms with Gasteiger partial charge in [-0.15, -0.1) is 24.0 Å². The lowest BCUT2D eigenvalue weighted by atomic mass is 9.98. The van der Waals surface area contributed by atoms with Crippen molar-refractivity contribution in [3.8, 4) is 0 Å². The molecule has 1 saturated heterocycles. The maximum Gasteiger partial charge on any atom is 0.193 e. The molecule has 1 atom stereocenters. The highest BCUT2D eigenvalue weighted by molar-refractivity contribution is 14.0. The number of guanidine groups is 1. The molecule has 1 aromatic heterocycles. The average Bonchev–Trinajstić information content (AvgIpc) is 3.30. The first-order chi connectivity index (χ1) is 12.8. The van der Waals surface area contributed by atoms with E-state index in [4.69, 9.17) is 9.73 Å². The molecular weight excluding hydrogens is 453 g/mol. The van der Waals surface area contributed by atoms with E-state index in [1.54, 1.807) is 0 Å². The maximum atomic E-state index is 6.01. The molecule has 1 saturated carbocycles. The van der Waals surface area contributed by atoms with Crippen LogP contribution in [0.4, 0.5) is 0 Å². The van der Waals surface area contributed by atoms with Crippen LogP contribution in [0.25, 0.3) is 0 Å². The Bertz CT molecular complexity index is 570. The van der Waals surface area contributed by atoms with Crippen LogP contribution in [-0.4, -0.2) is 59.5 Å². The molecule has 0 amide bonds. The molecule has 0 aromatic carbocycles. The summed E-state index contributed by atoms with van der Waals surface area (Å²) in [4.78, 5) is 7.23. The third-order valence-electron chi connectivity index (χ3n) is 5.49. The first kappa shape index (κ1) is 22.5. The Labute approximate surface area is 181 Å². The fourth-order valence-electron chi connectivity index (χ4n) is 4.03. The first-order valence-electron chi connectivity index (χ1n) is 10.4. The zero-order valence-electron chi connectivity index (χ0n) is 16.9. The number of rotatable bonds is 7. The molecule has 1 N–H and O–H groups in total. The molecule has 2 aliphatic rings. The maximum absolute atomic E-state index is 6.01. The molecule has 0 spiro atoms. The second kappa shape index (κ2) is 11.9. The summed E-state index contributed by atoms with van der Waals surface area (Å²) in [6.07, 6.45) is 13.4. The van der Waals surface area contributed by atoms with Gasteiger partial charge in [0.15, 0.2) is 5.96 Å². The largest absolute Gasteiger partial charge is 0.378 e. The number of aryl methyl sites for hydroxylation is 1. The number of hydrogen-bond donors (Lipinski definition) is 1. The van der Waals surface area contributed by atoms with Crippen LogP contribution in [0.3, 0.4) is 0 Å². The van der Waals surface area contributed by atoms with Crippen molar-refractivity contribution in [3.63, 3.8) is 0 Å². The van der Waals surface area contributed by atoms with Crippen molar-refractivity contribution < 1.29 is 4.74 Å². The van der Waals surface area contributed by atoms with Crippen molar-refractivity contribution in [3.05, 3.63) is 18.0 Å². The highest BCUT2D eigenvalue weighted by Gasteiger charge is 2.26. The summed E-state index contributed by atoms with van der Waals surface area (Å²) in [5.74, 6) is 1.61. The normalized spacial score (nSPS) is 21.3. The molecule has 2 fully saturated rings. The van der Waals surface area contributed by atoms with E-state index in [0.29, 0.717) is 12.0 Å². The summed E-state index contributed by atoms with van der Waals surface area (Å²) in [5, 5.41) is 7.77. The Balaban J connectivity index is 0.00000261. The van der Waals surface area contributed by atoms with Crippen LogP contribution < -0.4 is 5.32 Å². The number of nitrogens with one attached hydrogen (secondary N) is 1. The second-order valence-electron chi connectivity index (χ2n) is 7.60. The molecule has 154 valence electrons. The van der Waals surface area contributed by atoms with Crippen molar-refractivity contribution in [1.29, 1.82) is 0 Å². The van der Waals surface area contributed by atoms with E-state index in [2.05, 4.69) is 28.4 Å². The summed E-state index contributed by atoms with van der Waals surface area (Å²) in [5.41, 5.74) is 1.34. The van der Waals surface area contributed by atoms with E-state index in [0.717, 1.165) is 45.2 Å². The predicted molar refractivity (Wildman–Crippen MR) is 121 cm³/mol. The first-order valence-corrected chi connectivity index (χ1v) is 10.4. The van der Waals surface area contributed by atoms with Crippen LogP contribution in [0, 0.1) is 0 Å². The van der Waals surface area contributed by atoms with Crippen molar-refractivity contribution >= 4 is 29.9 Å². The van der Waals surface area contributed by atoms with Crippen molar-refractivity contribution in [1.82, 2.24) is 20.0 Å². The number of aromatic nitrogens is 2. The van der Waals surface area contributed by atoms with E-state index in [1.807, 2.05) is 17.9 Å². The molecule has 2 heterocycles. The molecule has 6 nitrogen and oxygen atoms in total. The van der Waals surface area contributed by atoms with Crippen LogP contribution in [0.1, 0.15) is 63.4 Å². The van der Waals surface area contributed by atoms with Gasteiger partial charge in [0.1, 0.15) is 0 Å². The van der Waals surface area contributed by atoms with Crippen LogP contribution >= 0.6 is 24.0 Å². The Hall–Kier alpha value is -0.830. The van der Waals surface area contributed by atoms with Crippen LogP contribution in [0.2, 0.25) is 0 Å². The van der Waals surface area contributed by atoms with Crippen LogP contribution in [-0.2, 0) is 11.8 Å². The number of halogens is 1. The monoisotopic (exact) mass is 489 g/mol. The van der Waals surface area contributed by atoms with E-state index in [1.165, 1.54) is 44.1 Å². The Kier molecular flexibility index (Phi) is 9.89. The molecule has 1 aliphatic heterocycles. The number of likely N-dealkylation sites (tertiary alicyclic amines) is 1. The lowest BCUT2D eigenvalue weighted by Crippen LogP contribution is -2.40. The Morgan fingerprint density at radius 1 is 1.30 bits per heavy atom. The third kappa shape index (κ3) is 6.93. The number of ether oxygens (including phenoxy) is 1. The van der Waals surface area contributed by atoms with E-state index >= 15 is 0 Å². The topological polar surface area (TPSA) is 54.7 Å². The van der Waals surface area contributed by atoms with Crippen molar-refractivity contribution in [2.24, 2.45) is 12.0 Å². The zero-order valence-corrected chi connectivity index (χ0v) is 19.2. The summed E-state index contributed by atoms with van der Waals surface area (Å²) in [6, 6.07) is 0. The molecule has 3 rings (SSSR count). The summed E-state index contributed by atoms with van der Waals surface area (Å²) in [6.45, 7) is 6.80. The minimum Gasteiger partial charge on any atom is -0.378 e. The van der Waals surface area contributed by atoms with Crippen LogP contribution in [0.5, 0.6) is 0 Å². The smallest absolute Gasteiger partial charge is 0.193 e. The molecule has 0 bridgehead atoms. The van der Waals surface area contributed by atoms with Gasteiger partial charge in [0.25, 0.3) is 0 Å². The number of hydrogen-bond acceptors (Lipinski definition) is 3. The highest BCUT2D eigenvalue weighted by Crippen LogP contribution is 2.26. The van der Waals surface area contributed by atoms with Gasteiger partial charge in [-0.3, -0.25) is 9.67 Å². The van der Waals surface area contributed by atoms with Gasteiger partial charge >= 0.3 is 0 Å². The molecular formula is C20H36IN5O. The average molecular weight is 489 g/mol. The minimum atomic E-state index is 0. The standard InChI is InChI=1S/C20H35N5O.HI/c1-3-21-20(22-11-7-13-26-19-8-5-4-6-9-19)25-12-10-17(16-25)18-14-23-24(2)15-18;/h14-15,17,19H,3-13,16H2,1-2H3,(H,21,22);1H. The van der Waals surface area contributed by atoms with Gasteiger partial charge in [-0.1, -0.05) is 19.3 Å². The Morgan fingerprint density at radius 2 is 2.11 bits per heavy atom. The van der Waals surface area contributed by atoms with Gasteiger partial charge < -0.3 is 15.0 Å². The molecule has 27 heavy (non-hydrogen) atoms. The number of aliphatic imine (C=N–C) groups is 1. The van der Waals surface area contributed by atoms with Crippen molar-refractivity contribution in [2.45, 2.75) is 63.9 Å². The van der Waals surface area contributed by atoms with E-state index in [9.17, 15) is 0 Å². The molecule has 0 radical (unpaired) electrons. The summed E-state index contributed by atoms with van der Waals surface area (Å²) >= 11 is 0. The summed E-state index contributed by atoms with van der Waals surface area (Å²) < 4.78 is 7.91. The van der Waals surface area contributed by atoms with E-state index in [-0.39, 0.29) is 24.0 Å². The van der Waals surface area contributed by atoms with Crippen LogP contribution in [0.15, 0.2) is 17.4 Å². The fourth-order valence-corrected chi connectivity index (χ4v) is 4.03. The second-order valence-corrected chi connectivity index (χ2v) is 7.60. The third-order valence-corrected chi connectivity index (χ3v) is 5.49. The Morgan fingerprint density at radius 3 is 2.81 bits per heavy atom. The minimum absolute atomic E-state index is 0. The quantitative estimate of drug-likeness (QED) is 0.276. The van der Waals surface area contributed by atoms with Gasteiger partial charge in [-0.05, 0) is 38.2 Å². The molecule has 1 unspecified atom stereocenters. The highest BCUT2D eigenvalue weighted by atomic mass is 127.